The van der Waals surface area contributed by atoms with Crippen LogP contribution >= 0.6 is 11.6 Å². The zero-order chi connectivity index (χ0) is 26.2. The van der Waals surface area contributed by atoms with E-state index in [0.717, 1.165) is 22.3 Å². The van der Waals surface area contributed by atoms with Gasteiger partial charge in [-0.15, -0.1) is 13.2 Å². The number of hydrogen-bond donors (Lipinski definition) is 0. The van der Waals surface area contributed by atoms with Crippen molar-refractivity contribution in [3.8, 4) is 17.5 Å². The van der Waals surface area contributed by atoms with Gasteiger partial charge in [0, 0.05) is 24.7 Å². The fourth-order valence-electron chi connectivity index (χ4n) is 3.59. The van der Waals surface area contributed by atoms with Gasteiger partial charge in [0.05, 0.1) is 6.54 Å². The summed E-state index contributed by atoms with van der Waals surface area (Å²) in [4.78, 5) is 30.4. The predicted molar refractivity (Wildman–Crippen MR) is 128 cm³/mol. The Morgan fingerprint density at radius 3 is 2.39 bits per heavy atom. The third kappa shape index (κ3) is 5.30. The molecule has 0 atom stereocenters. The average molecular weight is 521 g/mol. The van der Waals surface area contributed by atoms with Gasteiger partial charge in [-0.2, -0.15) is 4.98 Å². The third-order valence-corrected chi connectivity index (χ3v) is 5.38. The number of alkyl halides is 3. The predicted octanol–water partition coefficient (Wildman–Crippen LogP) is 4.87. The summed E-state index contributed by atoms with van der Waals surface area (Å²) < 4.78 is 51.5. The van der Waals surface area contributed by atoms with Crippen LogP contribution in [0.25, 0.3) is 11.2 Å². The monoisotopic (exact) mass is 520 g/mol. The number of allylic oxidation sites excluding steroid dienone is 1. The summed E-state index contributed by atoms with van der Waals surface area (Å²) in [5, 5.41) is 0.512. The molecule has 0 radical (unpaired) electrons. The molecule has 0 aliphatic carbocycles. The van der Waals surface area contributed by atoms with E-state index in [1.807, 2.05) is 0 Å². The van der Waals surface area contributed by atoms with Crippen LogP contribution in [0.1, 0.15) is 12.5 Å². The molecule has 188 valence electrons. The van der Waals surface area contributed by atoms with Gasteiger partial charge >= 0.3 is 18.1 Å². The summed E-state index contributed by atoms with van der Waals surface area (Å²) in [6, 6.07) is 11.6. The van der Waals surface area contributed by atoms with Crippen molar-refractivity contribution in [3.05, 3.63) is 92.1 Å². The van der Waals surface area contributed by atoms with Gasteiger partial charge in [0.15, 0.2) is 11.2 Å². The largest absolute Gasteiger partial charge is 0.573 e. The van der Waals surface area contributed by atoms with Crippen LogP contribution in [0, 0.1) is 0 Å². The normalized spacial score (nSPS) is 11.6. The van der Waals surface area contributed by atoms with Crippen molar-refractivity contribution in [2.24, 2.45) is 7.05 Å². The lowest BCUT2D eigenvalue weighted by Crippen LogP contribution is -2.39. The Morgan fingerprint density at radius 2 is 1.75 bits per heavy atom. The number of imidazole rings is 1. The minimum Gasteiger partial charge on any atom is -0.425 e. The van der Waals surface area contributed by atoms with Crippen LogP contribution in [0.2, 0.25) is 5.02 Å². The van der Waals surface area contributed by atoms with E-state index in [-0.39, 0.29) is 36.0 Å². The van der Waals surface area contributed by atoms with Crippen molar-refractivity contribution < 1.29 is 22.6 Å². The van der Waals surface area contributed by atoms with E-state index in [1.54, 1.807) is 31.2 Å². The molecule has 0 spiro atoms. The molecule has 0 bridgehead atoms. The lowest BCUT2D eigenvalue weighted by molar-refractivity contribution is -0.274. The highest BCUT2D eigenvalue weighted by Gasteiger charge is 2.31. The fourth-order valence-corrected chi connectivity index (χ4v) is 3.71. The van der Waals surface area contributed by atoms with Crippen molar-refractivity contribution in [2.75, 3.05) is 0 Å². The Bertz CT molecular complexity index is 1570. The first-order chi connectivity index (χ1) is 16.9. The minimum absolute atomic E-state index is 0.0185. The number of hydrogen-bond acceptors (Lipinski definition) is 5. The van der Waals surface area contributed by atoms with E-state index < -0.39 is 23.4 Å². The van der Waals surface area contributed by atoms with Gasteiger partial charge < -0.3 is 9.47 Å². The number of nitrogens with zero attached hydrogens (tertiary/aromatic N) is 4. The molecular weight excluding hydrogens is 501 g/mol. The van der Waals surface area contributed by atoms with Gasteiger partial charge in [0.2, 0.25) is 0 Å². The van der Waals surface area contributed by atoms with Crippen molar-refractivity contribution in [1.82, 2.24) is 18.7 Å². The topological polar surface area (TPSA) is 80.3 Å². The molecule has 0 fully saturated rings. The van der Waals surface area contributed by atoms with Gasteiger partial charge in [0.25, 0.3) is 5.56 Å². The highest BCUT2D eigenvalue weighted by atomic mass is 35.5. The Balaban J connectivity index is 1.91. The molecule has 0 aliphatic rings. The molecule has 0 N–H and O–H groups in total. The first-order valence-corrected chi connectivity index (χ1v) is 10.9. The van der Waals surface area contributed by atoms with Gasteiger partial charge in [0.1, 0.15) is 11.5 Å². The first kappa shape index (κ1) is 25.1. The number of halogens is 4. The molecule has 8 nitrogen and oxygen atoms in total. The summed E-state index contributed by atoms with van der Waals surface area (Å²) >= 11 is 5.99. The first-order valence-electron chi connectivity index (χ1n) is 10.6. The van der Waals surface area contributed by atoms with E-state index in [2.05, 4.69) is 16.3 Å². The molecule has 2 heterocycles. The second-order valence-corrected chi connectivity index (χ2v) is 8.53. The maximum absolute atomic E-state index is 13.2. The second kappa shape index (κ2) is 9.57. The summed E-state index contributed by atoms with van der Waals surface area (Å²) in [5.41, 5.74) is 0.294. The van der Waals surface area contributed by atoms with E-state index in [0.29, 0.717) is 10.6 Å². The Kier molecular flexibility index (Phi) is 6.68. The Morgan fingerprint density at radius 1 is 1.08 bits per heavy atom. The molecule has 0 saturated carbocycles. The summed E-state index contributed by atoms with van der Waals surface area (Å²) in [5.74, 6) is -0.509. The van der Waals surface area contributed by atoms with Crippen molar-refractivity contribution in [1.29, 1.82) is 0 Å². The standard InChI is InChI=1S/C24H20ClF3N4O4/c1-14(2)12-32-20-19(21(33)30(3)23(32)34)31(13-15-7-9-16(25)10-8-15)22(29-20)35-17-5-4-6-18(11-17)36-24(26,27)28/h4-11H,1,12-13H2,2-3H3. The van der Waals surface area contributed by atoms with Crippen LogP contribution in [-0.2, 0) is 20.1 Å². The molecule has 0 unspecified atom stereocenters. The average Bonchev–Trinajstić information content (AvgIpc) is 3.13. The highest BCUT2D eigenvalue weighted by Crippen LogP contribution is 2.30. The summed E-state index contributed by atoms with van der Waals surface area (Å²) in [7, 11) is 1.34. The molecule has 4 aromatic rings. The lowest BCUT2D eigenvalue weighted by Gasteiger charge is -2.12. The molecule has 2 aromatic carbocycles. The lowest BCUT2D eigenvalue weighted by atomic mass is 10.2. The number of rotatable bonds is 7. The Labute approximate surface area is 207 Å². The zero-order valence-electron chi connectivity index (χ0n) is 19.2. The van der Waals surface area contributed by atoms with Crippen LogP contribution in [0.5, 0.6) is 17.5 Å². The maximum atomic E-state index is 13.2. The Hall–Kier alpha value is -3.99. The smallest absolute Gasteiger partial charge is 0.425 e. The number of fused-ring (bicyclic) bond motifs is 1. The molecule has 0 amide bonds. The minimum atomic E-state index is -4.88. The number of aromatic nitrogens is 4. The van der Waals surface area contributed by atoms with Crippen LogP contribution < -0.4 is 20.7 Å². The van der Waals surface area contributed by atoms with Gasteiger partial charge in [-0.25, -0.2) is 4.79 Å². The fraction of sp³-hybridized carbons (Fsp3) is 0.208. The molecular formula is C24H20ClF3N4O4. The second-order valence-electron chi connectivity index (χ2n) is 8.09. The van der Waals surface area contributed by atoms with Crippen LogP contribution in [0.15, 0.2) is 70.3 Å². The van der Waals surface area contributed by atoms with Crippen LogP contribution in [-0.4, -0.2) is 25.0 Å². The molecule has 0 aliphatic heterocycles. The summed E-state index contributed by atoms with van der Waals surface area (Å²) in [6.07, 6.45) is -4.88. The molecule has 4 rings (SSSR count). The van der Waals surface area contributed by atoms with Crippen LogP contribution in [0.4, 0.5) is 13.2 Å². The van der Waals surface area contributed by atoms with E-state index >= 15 is 0 Å². The number of ether oxygens (including phenoxy) is 2. The SMILES string of the molecule is C=C(C)Cn1c(=O)n(C)c(=O)c2c1nc(Oc1cccc(OC(F)(F)F)c1)n2Cc1ccc(Cl)cc1. The van der Waals surface area contributed by atoms with Gasteiger partial charge in [-0.1, -0.05) is 42.0 Å². The molecule has 0 saturated heterocycles. The van der Waals surface area contributed by atoms with E-state index in [1.165, 1.54) is 28.3 Å². The molecule has 36 heavy (non-hydrogen) atoms. The quantitative estimate of drug-likeness (QED) is 0.325. The van der Waals surface area contributed by atoms with Crippen LogP contribution in [0.3, 0.4) is 0 Å². The van der Waals surface area contributed by atoms with E-state index in [4.69, 9.17) is 16.3 Å². The molecule has 12 heteroatoms. The van der Waals surface area contributed by atoms with Crippen molar-refractivity contribution >= 4 is 22.8 Å². The van der Waals surface area contributed by atoms with Crippen molar-refractivity contribution in [2.45, 2.75) is 26.4 Å². The van der Waals surface area contributed by atoms with Gasteiger partial charge in [-0.3, -0.25) is 18.5 Å². The summed E-state index contributed by atoms with van der Waals surface area (Å²) in [6.45, 7) is 5.74. The molecule has 2 aromatic heterocycles. The van der Waals surface area contributed by atoms with Crippen molar-refractivity contribution in [3.63, 3.8) is 0 Å². The number of benzene rings is 2. The third-order valence-electron chi connectivity index (χ3n) is 5.13. The zero-order valence-corrected chi connectivity index (χ0v) is 19.9. The highest BCUT2D eigenvalue weighted by molar-refractivity contribution is 6.30. The maximum Gasteiger partial charge on any atom is 0.573 e. The van der Waals surface area contributed by atoms with E-state index in [9.17, 15) is 22.8 Å². The van der Waals surface area contributed by atoms with Gasteiger partial charge in [-0.05, 0) is 36.8 Å².